The van der Waals surface area contributed by atoms with E-state index in [1.165, 1.54) is 6.07 Å². The average Bonchev–Trinajstić information content (AvgIpc) is 2.16. The first kappa shape index (κ1) is 11.3. The Hall–Kier alpha value is -1.74. The van der Waals surface area contributed by atoms with Crippen molar-refractivity contribution in [1.82, 2.24) is 4.98 Å². The molecular weight excluding hydrogens is 230 g/mol. The molecule has 0 amide bonds. The first-order valence-corrected chi connectivity index (χ1v) is 3.97. The van der Waals surface area contributed by atoms with Crippen LogP contribution in [0.15, 0.2) is 6.07 Å². The van der Waals surface area contributed by atoms with Crippen molar-refractivity contribution in [3.63, 3.8) is 0 Å². The maximum atomic E-state index is 12.2. The molecule has 0 aliphatic heterocycles. The Morgan fingerprint density at radius 1 is 1.67 bits per heavy atom. The molecule has 0 bridgehead atoms. The Kier molecular flexibility index (Phi) is 3.17. The number of carbonyl (C=O) groups is 1. The summed E-state index contributed by atoms with van der Waals surface area (Å²) >= 11 is 5.46. The van der Waals surface area contributed by atoms with E-state index in [4.69, 9.17) is 22.0 Å². The zero-order valence-electron chi connectivity index (χ0n) is 7.04. The van der Waals surface area contributed by atoms with E-state index in [0.29, 0.717) is 0 Å². The second-order valence-corrected chi connectivity index (χ2v) is 2.88. The van der Waals surface area contributed by atoms with E-state index in [1.54, 1.807) is 0 Å². The fourth-order valence-corrected chi connectivity index (χ4v) is 1.15. The molecule has 0 spiro atoms. The number of carboxylic acid groups (broad SMARTS) is 1. The van der Waals surface area contributed by atoms with E-state index < -0.39 is 29.3 Å². The van der Waals surface area contributed by atoms with E-state index in [2.05, 4.69) is 4.98 Å². The molecule has 1 N–H and O–H groups in total. The fourth-order valence-electron chi connectivity index (χ4n) is 0.905. The van der Waals surface area contributed by atoms with E-state index in [-0.39, 0.29) is 5.02 Å². The van der Waals surface area contributed by atoms with Gasteiger partial charge in [-0.25, -0.2) is 18.6 Å². The maximum absolute atomic E-state index is 12.2. The molecule has 0 unspecified atom stereocenters. The van der Waals surface area contributed by atoms with Crippen molar-refractivity contribution in [2.75, 3.05) is 0 Å². The summed E-state index contributed by atoms with van der Waals surface area (Å²) in [4.78, 5) is 13.7. The standard InChI is InChI=1S/C8H3ClF2N2O2/c9-4-1-5(7(10)11)13-6(8(14)15)3(4)2-12/h1,7H,(H,14,15). The predicted octanol–water partition coefficient (Wildman–Crippen LogP) is 2.24. The van der Waals surface area contributed by atoms with Crippen molar-refractivity contribution in [2.24, 2.45) is 0 Å². The minimum Gasteiger partial charge on any atom is -0.476 e. The van der Waals surface area contributed by atoms with Gasteiger partial charge in [0.2, 0.25) is 0 Å². The maximum Gasteiger partial charge on any atom is 0.355 e. The van der Waals surface area contributed by atoms with Gasteiger partial charge in [0.15, 0.2) is 5.69 Å². The molecule has 1 aromatic heterocycles. The fraction of sp³-hybridized carbons (Fsp3) is 0.125. The minimum atomic E-state index is -2.94. The van der Waals surface area contributed by atoms with Crippen molar-refractivity contribution >= 4 is 17.6 Å². The molecule has 0 fully saturated rings. The molecule has 1 heterocycles. The van der Waals surface area contributed by atoms with Crippen LogP contribution in [-0.4, -0.2) is 16.1 Å². The van der Waals surface area contributed by atoms with Gasteiger partial charge < -0.3 is 5.11 Å². The summed E-state index contributed by atoms with van der Waals surface area (Å²) in [5.41, 5.74) is -1.95. The van der Waals surface area contributed by atoms with Crippen LogP contribution in [0.2, 0.25) is 5.02 Å². The molecule has 0 saturated heterocycles. The molecule has 1 aromatic rings. The van der Waals surface area contributed by atoms with Gasteiger partial charge in [-0.1, -0.05) is 11.6 Å². The van der Waals surface area contributed by atoms with Gasteiger partial charge in [-0.2, -0.15) is 5.26 Å². The molecule has 0 aliphatic rings. The molecule has 15 heavy (non-hydrogen) atoms. The number of halogens is 3. The normalized spacial score (nSPS) is 10.1. The number of carboxylic acids is 1. The highest BCUT2D eigenvalue weighted by Crippen LogP contribution is 2.24. The highest BCUT2D eigenvalue weighted by atomic mass is 35.5. The highest BCUT2D eigenvalue weighted by Gasteiger charge is 2.20. The number of pyridine rings is 1. The molecule has 0 radical (unpaired) electrons. The van der Waals surface area contributed by atoms with Crippen LogP contribution in [0, 0.1) is 11.3 Å². The van der Waals surface area contributed by atoms with Gasteiger partial charge in [0.25, 0.3) is 6.43 Å². The first-order valence-electron chi connectivity index (χ1n) is 3.59. The van der Waals surface area contributed by atoms with Gasteiger partial charge in [0, 0.05) is 0 Å². The third kappa shape index (κ3) is 2.19. The van der Waals surface area contributed by atoms with E-state index in [1.807, 2.05) is 0 Å². The number of hydrogen-bond donors (Lipinski definition) is 1. The van der Waals surface area contributed by atoms with E-state index in [9.17, 15) is 13.6 Å². The number of hydrogen-bond acceptors (Lipinski definition) is 3. The van der Waals surface area contributed by atoms with Gasteiger partial charge in [-0.05, 0) is 6.07 Å². The predicted molar refractivity (Wildman–Crippen MR) is 45.9 cm³/mol. The van der Waals surface area contributed by atoms with Crippen LogP contribution < -0.4 is 0 Å². The number of nitrogens with zero attached hydrogens (tertiary/aromatic N) is 2. The smallest absolute Gasteiger partial charge is 0.355 e. The lowest BCUT2D eigenvalue weighted by Crippen LogP contribution is -2.07. The summed E-state index contributed by atoms with van der Waals surface area (Å²) in [6.07, 6.45) is -2.94. The molecular formula is C8H3ClF2N2O2. The van der Waals surface area contributed by atoms with Gasteiger partial charge in [0.1, 0.15) is 17.3 Å². The van der Waals surface area contributed by atoms with Crippen LogP contribution in [0.5, 0.6) is 0 Å². The summed E-state index contributed by atoms with van der Waals surface area (Å²) < 4.78 is 24.5. The summed E-state index contributed by atoms with van der Waals surface area (Å²) in [5, 5.41) is 16.8. The van der Waals surface area contributed by atoms with Crippen LogP contribution >= 0.6 is 11.6 Å². The quantitative estimate of drug-likeness (QED) is 0.849. The second kappa shape index (κ2) is 4.19. The van der Waals surface area contributed by atoms with Crippen LogP contribution in [0.25, 0.3) is 0 Å². The van der Waals surface area contributed by atoms with Crippen LogP contribution in [0.3, 0.4) is 0 Å². The van der Waals surface area contributed by atoms with Crippen LogP contribution in [-0.2, 0) is 0 Å². The van der Waals surface area contributed by atoms with Crippen LogP contribution in [0.4, 0.5) is 8.78 Å². The van der Waals surface area contributed by atoms with Crippen molar-refractivity contribution in [2.45, 2.75) is 6.43 Å². The highest BCUT2D eigenvalue weighted by molar-refractivity contribution is 6.32. The molecule has 7 heteroatoms. The lowest BCUT2D eigenvalue weighted by molar-refractivity contribution is 0.0688. The van der Waals surface area contributed by atoms with Gasteiger partial charge in [-0.15, -0.1) is 0 Å². The van der Waals surface area contributed by atoms with Gasteiger partial charge >= 0.3 is 5.97 Å². The Bertz CT molecular complexity index is 457. The lowest BCUT2D eigenvalue weighted by Gasteiger charge is -2.04. The number of alkyl halides is 2. The second-order valence-electron chi connectivity index (χ2n) is 2.47. The topological polar surface area (TPSA) is 74.0 Å². The molecule has 78 valence electrons. The number of aromatic carboxylic acids is 1. The molecule has 0 saturated carbocycles. The summed E-state index contributed by atoms with van der Waals surface area (Å²) in [5.74, 6) is -1.57. The summed E-state index contributed by atoms with van der Waals surface area (Å²) in [7, 11) is 0. The summed E-state index contributed by atoms with van der Waals surface area (Å²) in [6, 6.07) is 2.27. The monoisotopic (exact) mass is 232 g/mol. The third-order valence-corrected chi connectivity index (χ3v) is 1.83. The number of nitriles is 1. The Morgan fingerprint density at radius 2 is 2.27 bits per heavy atom. The minimum absolute atomic E-state index is 0.347. The largest absolute Gasteiger partial charge is 0.476 e. The van der Waals surface area contributed by atoms with E-state index in [0.717, 1.165) is 6.07 Å². The van der Waals surface area contributed by atoms with E-state index >= 15 is 0 Å². The molecule has 4 nitrogen and oxygen atoms in total. The molecule has 0 atom stereocenters. The van der Waals surface area contributed by atoms with Crippen LogP contribution in [0.1, 0.15) is 28.2 Å². The summed E-state index contributed by atoms with van der Waals surface area (Å²) in [6.45, 7) is 0. The Morgan fingerprint density at radius 3 is 2.67 bits per heavy atom. The third-order valence-electron chi connectivity index (χ3n) is 1.53. The number of rotatable bonds is 2. The zero-order valence-corrected chi connectivity index (χ0v) is 7.79. The van der Waals surface area contributed by atoms with Crippen molar-refractivity contribution < 1.29 is 18.7 Å². The Labute approximate surface area is 87.7 Å². The first-order chi connectivity index (χ1) is 6.97. The van der Waals surface area contributed by atoms with Crippen molar-refractivity contribution in [3.05, 3.63) is 28.0 Å². The van der Waals surface area contributed by atoms with Gasteiger partial charge in [-0.3, -0.25) is 0 Å². The molecule has 0 aliphatic carbocycles. The average molecular weight is 233 g/mol. The number of aromatic nitrogens is 1. The zero-order chi connectivity index (χ0) is 11.6. The van der Waals surface area contributed by atoms with Crippen molar-refractivity contribution in [1.29, 1.82) is 5.26 Å². The van der Waals surface area contributed by atoms with Crippen molar-refractivity contribution in [3.8, 4) is 6.07 Å². The SMILES string of the molecule is N#Cc1c(Cl)cc(C(F)F)nc1C(=O)O. The molecule has 1 rings (SSSR count). The van der Waals surface area contributed by atoms with Gasteiger partial charge in [0.05, 0.1) is 5.02 Å². The Balaban J connectivity index is 3.47. The molecule has 0 aromatic carbocycles. The lowest BCUT2D eigenvalue weighted by atomic mass is 10.2.